The predicted octanol–water partition coefficient (Wildman–Crippen LogP) is 1.32. The number of nitrogens with one attached hydrogen (secondary N) is 2. The van der Waals surface area contributed by atoms with E-state index in [1.807, 2.05) is 13.8 Å². The van der Waals surface area contributed by atoms with E-state index in [0.29, 0.717) is 18.2 Å². The summed E-state index contributed by atoms with van der Waals surface area (Å²) in [5.41, 5.74) is 5.98. The molecule has 1 aromatic carbocycles. The van der Waals surface area contributed by atoms with Crippen molar-refractivity contribution in [3.05, 3.63) is 30.1 Å². The van der Waals surface area contributed by atoms with Crippen LogP contribution in [0.2, 0.25) is 0 Å². The molecule has 0 unspecified atom stereocenters. The molecule has 1 aromatic rings. The topological polar surface area (TPSA) is 79.5 Å². The quantitative estimate of drug-likeness (QED) is 0.555. The number of halogens is 1. The van der Waals surface area contributed by atoms with Crippen LogP contribution in [-0.2, 0) is 4.79 Å². The summed E-state index contributed by atoms with van der Waals surface area (Å²) in [6, 6.07) is 5.67. The molecule has 1 amide bonds. The van der Waals surface area contributed by atoms with Crippen molar-refractivity contribution in [2.45, 2.75) is 13.8 Å². The SMILES string of the molecule is CC(C)CNC(N)=NCC(=O)Nc1cccc(F)c1. The lowest BCUT2D eigenvalue weighted by atomic mass is 10.2. The molecule has 0 fully saturated rings. The van der Waals surface area contributed by atoms with Gasteiger partial charge in [0.1, 0.15) is 12.4 Å². The molecule has 0 heterocycles. The maximum absolute atomic E-state index is 12.9. The van der Waals surface area contributed by atoms with E-state index in [0.717, 1.165) is 0 Å². The minimum absolute atomic E-state index is 0.104. The summed E-state index contributed by atoms with van der Waals surface area (Å²) >= 11 is 0. The van der Waals surface area contributed by atoms with E-state index in [-0.39, 0.29) is 18.4 Å². The van der Waals surface area contributed by atoms with Gasteiger partial charge in [-0.15, -0.1) is 0 Å². The Morgan fingerprint density at radius 1 is 1.47 bits per heavy atom. The first-order valence-corrected chi connectivity index (χ1v) is 6.06. The highest BCUT2D eigenvalue weighted by atomic mass is 19.1. The van der Waals surface area contributed by atoms with Crippen LogP contribution < -0.4 is 16.4 Å². The average Bonchev–Trinajstić information content (AvgIpc) is 2.34. The Hall–Kier alpha value is -2.11. The van der Waals surface area contributed by atoms with Crippen LogP contribution in [0.5, 0.6) is 0 Å². The van der Waals surface area contributed by atoms with Crippen molar-refractivity contribution in [3.63, 3.8) is 0 Å². The van der Waals surface area contributed by atoms with Crippen molar-refractivity contribution >= 4 is 17.6 Å². The number of hydrogen-bond acceptors (Lipinski definition) is 2. The molecule has 0 atom stereocenters. The lowest BCUT2D eigenvalue weighted by molar-refractivity contribution is -0.114. The Labute approximate surface area is 112 Å². The van der Waals surface area contributed by atoms with Crippen LogP contribution in [0.3, 0.4) is 0 Å². The molecule has 19 heavy (non-hydrogen) atoms. The van der Waals surface area contributed by atoms with E-state index in [9.17, 15) is 9.18 Å². The molecule has 4 N–H and O–H groups in total. The molecule has 0 aliphatic carbocycles. The lowest BCUT2D eigenvalue weighted by Gasteiger charge is -2.08. The maximum Gasteiger partial charge on any atom is 0.246 e. The van der Waals surface area contributed by atoms with E-state index in [1.54, 1.807) is 6.07 Å². The normalized spacial score (nSPS) is 11.5. The monoisotopic (exact) mass is 266 g/mol. The summed E-state index contributed by atoms with van der Waals surface area (Å²) in [5, 5.41) is 5.43. The highest BCUT2D eigenvalue weighted by molar-refractivity contribution is 5.93. The van der Waals surface area contributed by atoms with Gasteiger partial charge in [0.05, 0.1) is 0 Å². The fourth-order valence-corrected chi connectivity index (χ4v) is 1.29. The van der Waals surface area contributed by atoms with Crippen molar-refractivity contribution < 1.29 is 9.18 Å². The third-order valence-electron chi connectivity index (χ3n) is 2.19. The highest BCUT2D eigenvalue weighted by Crippen LogP contribution is 2.08. The number of carbonyl (C=O) groups excluding carboxylic acids is 1. The van der Waals surface area contributed by atoms with Crippen molar-refractivity contribution in [1.82, 2.24) is 5.32 Å². The van der Waals surface area contributed by atoms with Crippen LogP contribution in [0.15, 0.2) is 29.3 Å². The molecule has 0 aromatic heterocycles. The van der Waals surface area contributed by atoms with E-state index in [1.165, 1.54) is 18.2 Å². The average molecular weight is 266 g/mol. The molecule has 5 nitrogen and oxygen atoms in total. The van der Waals surface area contributed by atoms with Crippen LogP contribution in [0.4, 0.5) is 10.1 Å². The lowest BCUT2D eigenvalue weighted by Crippen LogP contribution is -2.35. The number of nitrogens with two attached hydrogens (primary N) is 1. The Morgan fingerprint density at radius 2 is 2.21 bits per heavy atom. The zero-order valence-electron chi connectivity index (χ0n) is 11.1. The van der Waals surface area contributed by atoms with Gasteiger partial charge in [-0.3, -0.25) is 4.79 Å². The Morgan fingerprint density at radius 3 is 2.84 bits per heavy atom. The summed E-state index contributed by atoms with van der Waals surface area (Å²) in [4.78, 5) is 15.4. The van der Waals surface area contributed by atoms with Gasteiger partial charge in [-0.05, 0) is 24.1 Å². The Balaban J connectivity index is 2.41. The number of nitrogens with zero attached hydrogens (tertiary/aromatic N) is 1. The molecule has 0 saturated heterocycles. The Bertz CT molecular complexity index is 460. The van der Waals surface area contributed by atoms with Crippen LogP contribution in [0, 0.1) is 11.7 Å². The van der Waals surface area contributed by atoms with Crippen molar-refractivity contribution in [3.8, 4) is 0 Å². The molecule has 104 valence electrons. The first-order chi connectivity index (χ1) is 8.97. The molecular weight excluding hydrogens is 247 g/mol. The number of rotatable bonds is 5. The number of anilines is 1. The first-order valence-electron chi connectivity index (χ1n) is 6.06. The van der Waals surface area contributed by atoms with E-state index in [4.69, 9.17) is 5.73 Å². The maximum atomic E-state index is 12.9. The van der Waals surface area contributed by atoms with Gasteiger partial charge in [0.2, 0.25) is 5.91 Å². The highest BCUT2D eigenvalue weighted by Gasteiger charge is 2.02. The van der Waals surface area contributed by atoms with Crippen molar-refractivity contribution in [2.24, 2.45) is 16.6 Å². The molecule has 0 radical (unpaired) electrons. The molecule has 0 aliphatic heterocycles. The Kier molecular flexibility index (Phi) is 5.78. The van der Waals surface area contributed by atoms with Crippen LogP contribution in [0.25, 0.3) is 0 Å². The van der Waals surface area contributed by atoms with Crippen molar-refractivity contribution in [1.29, 1.82) is 0 Å². The smallest absolute Gasteiger partial charge is 0.246 e. The van der Waals surface area contributed by atoms with Gasteiger partial charge >= 0.3 is 0 Å². The van der Waals surface area contributed by atoms with Crippen LogP contribution in [-0.4, -0.2) is 25.0 Å². The van der Waals surface area contributed by atoms with Gasteiger partial charge in [-0.1, -0.05) is 19.9 Å². The summed E-state index contributed by atoms with van der Waals surface area (Å²) in [5.74, 6) is -0.0859. The number of carbonyl (C=O) groups is 1. The number of amides is 1. The fourth-order valence-electron chi connectivity index (χ4n) is 1.29. The minimum Gasteiger partial charge on any atom is -0.370 e. The van der Waals surface area contributed by atoms with Gasteiger partial charge in [0, 0.05) is 12.2 Å². The minimum atomic E-state index is -0.403. The van der Waals surface area contributed by atoms with Crippen LogP contribution >= 0.6 is 0 Å². The molecule has 0 spiro atoms. The third-order valence-corrected chi connectivity index (χ3v) is 2.19. The molecule has 0 saturated carbocycles. The van der Waals surface area contributed by atoms with Crippen molar-refractivity contribution in [2.75, 3.05) is 18.4 Å². The number of hydrogen-bond donors (Lipinski definition) is 3. The summed E-state index contributed by atoms with van der Waals surface area (Å²) < 4.78 is 12.9. The zero-order chi connectivity index (χ0) is 14.3. The second-order valence-corrected chi connectivity index (χ2v) is 4.53. The fraction of sp³-hybridized carbons (Fsp3) is 0.385. The van der Waals surface area contributed by atoms with Gasteiger partial charge in [0.25, 0.3) is 0 Å². The van der Waals surface area contributed by atoms with E-state index in [2.05, 4.69) is 15.6 Å². The molecule has 6 heteroatoms. The van der Waals surface area contributed by atoms with Gasteiger partial charge in [-0.2, -0.15) is 0 Å². The zero-order valence-corrected chi connectivity index (χ0v) is 11.1. The summed E-state index contributed by atoms with van der Waals surface area (Å²) in [6.07, 6.45) is 0. The van der Waals surface area contributed by atoms with Crippen LogP contribution in [0.1, 0.15) is 13.8 Å². The molecule has 0 aliphatic rings. The number of guanidine groups is 1. The summed E-state index contributed by atoms with van der Waals surface area (Å²) in [7, 11) is 0. The van der Waals surface area contributed by atoms with E-state index < -0.39 is 5.82 Å². The number of aliphatic imine (C=N–C) groups is 1. The van der Waals surface area contributed by atoms with E-state index >= 15 is 0 Å². The molecule has 0 bridgehead atoms. The second-order valence-electron chi connectivity index (χ2n) is 4.53. The predicted molar refractivity (Wildman–Crippen MR) is 74.4 cm³/mol. The number of benzene rings is 1. The summed E-state index contributed by atoms with van der Waals surface area (Å²) in [6.45, 7) is 4.67. The molecular formula is C13H19FN4O. The van der Waals surface area contributed by atoms with Gasteiger partial charge in [-0.25, -0.2) is 9.38 Å². The molecule has 1 rings (SSSR count). The third kappa shape index (κ3) is 6.40. The largest absolute Gasteiger partial charge is 0.370 e. The standard InChI is InChI=1S/C13H19FN4O/c1-9(2)7-16-13(15)17-8-12(19)18-11-5-3-4-10(14)6-11/h3-6,9H,7-8H2,1-2H3,(H,18,19)(H3,15,16,17). The first kappa shape index (κ1) is 14.9. The van der Waals surface area contributed by atoms with Gasteiger partial charge < -0.3 is 16.4 Å². The van der Waals surface area contributed by atoms with Gasteiger partial charge in [0.15, 0.2) is 5.96 Å². The second kappa shape index (κ2) is 7.35.